The number of fused-ring (bicyclic) bond motifs is 5. The van der Waals surface area contributed by atoms with Gasteiger partial charge < -0.3 is 10.4 Å². The SMILES string of the molecule is C[C@H](CCC(=O)NCCCCCC(=O)NO)C1CCC2C3C(O)CC4CCCCC4(C)C3CCC21C. The van der Waals surface area contributed by atoms with Crippen molar-refractivity contribution in [3.8, 4) is 0 Å². The number of hydroxylamine groups is 1. The van der Waals surface area contributed by atoms with Crippen LogP contribution in [0.4, 0.5) is 0 Å². The third-order valence-electron chi connectivity index (χ3n) is 11.7. The van der Waals surface area contributed by atoms with E-state index in [0.717, 1.165) is 38.0 Å². The molecule has 0 spiro atoms. The van der Waals surface area contributed by atoms with Gasteiger partial charge in [0.1, 0.15) is 0 Å². The van der Waals surface area contributed by atoms with E-state index in [9.17, 15) is 14.7 Å². The van der Waals surface area contributed by atoms with Crippen LogP contribution in [0.15, 0.2) is 0 Å². The molecule has 0 bridgehead atoms. The maximum Gasteiger partial charge on any atom is 0.243 e. The molecule has 0 aromatic heterocycles. The van der Waals surface area contributed by atoms with Crippen molar-refractivity contribution >= 4 is 11.8 Å². The third-order valence-corrected chi connectivity index (χ3v) is 11.7. The first-order valence-corrected chi connectivity index (χ1v) is 15.1. The molecule has 0 aromatic carbocycles. The van der Waals surface area contributed by atoms with Gasteiger partial charge in [-0.25, -0.2) is 5.48 Å². The van der Waals surface area contributed by atoms with E-state index in [1.54, 1.807) is 5.48 Å². The fraction of sp³-hybridized carbons (Fsp3) is 0.933. The summed E-state index contributed by atoms with van der Waals surface area (Å²) < 4.78 is 0. The highest BCUT2D eigenvalue weighted by molar-refractivity contribution is 5.75. The highest BCUT2D eigenvalue weighted by atomic mass is 16.5. The summed E-state index contributed by atoms with van der Waals surface area (Å²) in [6.07, 6.45) is 15.7. The zero-order valence-electron chi connectivity index (χ0n) is 23.1. The summed E-state index contributed by atoms with van der Waals surface area (Å²) in [4.78, 5) is 23.5. The van der Waals surface area contributed by atoms with Crippen LogP contribution in [-0.4, -0.2) is 34.8 Å². The van der Waals surface area contributed by atoms with Gasteiger partial charge in [-0.15, -0.1) is 0 Å². The molecule has 0 saturated heterocycles. The van der Waals surface area contributed by atoms with Gasteiger partial charge >= 0.3 is 0 Å². The number of carbonyl (C=O) groups is 2. The van der Waals surface area contributed by atoms with Crippen LogP contribution in [0.2, 0.25) is 0 Å². The van der Waals surface area contributed by atoms with E-state index < -0.39 is 0 Å². The van der Waals surface area contributed by atoms with Gasteiger partial charge in [0, 0.05) is 19.4 Å². The Morgan fingerprint density at radius 1 is 0.917 bits per heavy atom. The van der Waals surface area contributed by atoms with E-state index in [1.165, 1.54) is 51.4 Å². The summed E-state index contributed by atoms with van der Waals surface area (Å²) in [5.74, 6) is 3.50. The first-order valence-electron chi connectivity index (χ1n) is 15.1. The molecule has 4 aliphatic rings. The molecule has 4 fully saturated rings. The molecule has 6 nitrogen and oxygen atoms in total. The lowest BCUT2D eigenvalue weighted by Gasteiger charge is -2.62. The predicted octanol–water partition coefficient (Wildman–Crippen LogP) is 5.60. The molecule has 0 radical (unpaired) electrons. The molecule has 4 N–H and O–H groups in total. The second kappa shape index (κ2) is 11.7. The van der Waals surface area contributed by atoms with Crippen LogP contribution >= 0.6 is 0 Å². The largest absolute Gasteiger partial charge is 0.393 e. The lowest BCUT2D eigenvalue weighted by Crippen LogP contribution is -2.57. The molecule has 206 valence electrons. The highest BCUT2D eigenvalue weighted by Crippen LogP contribution is 2.68. The lowest BCUT2D eigenvalue weighted by atomic mass is 9.44. The fourth-order valence-electron chi connectivity index (χ4n) is 9.75. The van der Waals surface area contributed by atoms with E-state index in [1.807, 2.05) is 0 Å². The zero-order valence-corrected chi connectivity index (χ0v) is 23.1. The van der Waals surface area contributed by atoms with Crippen molar-refractivity contribution in [2.75, 3.05) is 6.54 Å². The first kappa shape index (κ1) is 27.9. The predicted molar refractivity (Wildman–Crippen MR) is 141 cm³/mol. The molecule has 8 unspecified atom stereocenters. The Balaban J connectivity index is 1.26. The Labute approximate surface area is 218 Å². The molecule has 4 saturated carbocycles. The fourth-order valence-corrected chi connectivity index (χ4v) is 9.75. The van der Waals surface area contributed by atoms with Crippen molar-refractivity contribution in [3.63, 3.8) is 0 Å². The van der Waals surface area contributed by atoms with Crippen molar-refractivity contribution in [2.45, 2.75) is 123 Å². The number of hydrogen-bond donors (Lipinski definition) is 4. The van der Waals surface area contributed by atoms with Crippen LogP contribution in [0.1, 0.15) is 117 Å². The quantitative estimate of drug-likeness (QED) is 0.177. The van der Waals surface area contributed by atoms with E-state index in [4.69, 9.17) is 5.21 Å². The van der Waals surface area contributed by atoms with Crippen molar-refractivity contribution in [3.05, 3.63) is 0 Å². The number of carbonyl (C=O) groups excluding carboxylic acids is 2. The number of hydrogen-bond acceptors (Lipinski definition) is 4. The second-order valence-corrected chi connectivity index (χ2v) is 13.5. The topological polar surface area (TPSA) is 98.7 Å². The molecule has 6 heteroatoms. The maximum atomic E-state index is 12.5. The summed E-state index contributed by atoms with van der Waals surface area (Å²) in [5, 5.41) is 23.0. The van der Waals surface area contributed by atoms with E-state index in [0.29, 0.717) is 59.8 Å². The Morgan fingerprint density at radius 3 is 2.47 bits per heavy atom. The molecule has 9 atom stereocenters. The average molecular weight is 505 g/mol. The van der Waals surface area contributed by atoms with Crippen LogP contribution < -0.4 is 10.8 Å². The normalized spacial score (nSPS) is 40.5. The van der Waals surface area contributed by atoms with Crippen LogP contribution in [0.25, 0.3) is 0 Å². The van der Waals surface area contributed by atoms with Gasteiger partial charge in [0.2, 0.25) is 11.8 Å². The summed E-state index contributed by atoms with van der Waals surface area (Å²) in [5.41, 5.74) is 2.40. The summed E-state index contributed by atoms with van der Waals surface area (Å²) >= 11 is 0. The van der Waals surface area contributed by atoms with Crippen molar-refractivity contribution in [1.29, 1.82) is 0 Å². The number of rotatable bonds is 10. The number of unbranched alkanes of at least 4 members (excludes halogenated alkanes) is 2. The minimum Gasteiger partial charge on any atom is -0.393 e. The van der Waals surface area contributed by atoms with Crippen LogP contribution in [-0.2, 0) is 9.59 Å². The Hall–Kier alpha value is -1.14. The lowest BCUT2D eigenvalue weighted by molar-refractivity contribution is -0.164. The van der Waals surface area contributed by atoms with Gasteiger partial charge in [-0.3, -0.25) is 14.8 Å². The van der Waals surface area contributed by atoms with Gasteiger partial charge in [0.05, 0.1) is 6.10 Å². The molecule has 36 heavy (non-hydrogen) atoms. The molecular weight excluding hydrogens is 452 g/mol. The van der Waals surface area contributed by atoms with Crippen molar-refractivity contribution in [2.24, 2.45) is 46.3 Å². The van der Waals surface area contributed by atoms with Gasteiger partial charge in [-0.1, -0.05) is 40.0 Å². The molecule has 0 aromatic rings. The van der Waals surface area contributed by atoms with Crippen molar-refractivity contribution < 1.29 is 19.9 Å². The van der Waals surface area contributed by atoms with Crippen LogP contribution in [0.3, 0.4) is 0 Å². The van der Waals surface area contributed by atoms with Gasteiger partial charge in [0.25, 0.3) is 0 Å². The van der Waals surface area contributed by atoms with Gasteiger partial charge in [-0.05, 0) is 111 Å². The number of amides is 2. The summed E-state index contributed by atoms with van der Waals surface area (Å²) in [6, 6.07) is 0. The van der Waals surface area contributed by atoms with E-state index >= 15 is 0 Å². The molecule has 0 heterocycles. The zero-order chi connectivity index (χ0) is 25.9. The maximum absolute atomic E-state index is 12.5. The number of aliphatic hydroxyl groups is 1. The minimum absolute atomic E-state index is 0.117. The number of nitrogens with one attached hydrogen (secondary N) is 2. The Morgan fingerprint density at radius 2 is 1.69 bits per heavy atom. The first-order chi connectivity index (χ1) is 17.2. The smallest absolute Gasteiger partial charge is 0.243 e. The molecule has 2 amide bonds. The molecule has 0 aliphatic heterocycles. The highest BCUT2D eigenvalue weighted by Gasteiger charge is 2.62. The Kier molecular flexibility index (Phi) is 9.08. The van der Waals surface area contributed by atoms with E-state index in [2.05, 4.69) is 26.1 Å². The summed E-state index contributed by atoms with van der Waals surface area (Å²) in [6.45, 7) is 8.11. The van der Waals surface area contributed by atoms with Crippen LogP contribution in [0.5, 0.6) is 0 Å². The van der Waals surface area contributed by atoms with Crippen molar-refractivity contribution in [1.82, 2.24) is 10.8 Å². The minimum atomic E-state index is -0.352. The Bertz CT molecular complexity index is 774. The summed E-state index contributed by atoms with van der Waals surface area (Å²) in [7, 11) is 0. The molecule has 4 rings (SSSR count). The second-order valence-electron chi connectivity index (χ2n) is 13.5. The van der Waals surface area contributed by atoms with Gasteiger partial charge in [-0.2, -0.15) is 0 Å². The molecule has 4 aliphatic carbocycles. The monoisotopic (exact) mass is 504 g/mol. The van der Waals surface area contributed by atoms with Crippen LogP contribution in [0, 0.1) is 46.3 Å². The third kappa shape index (κ3) is 5.50. The standard InChI is InChI=1S/C30H52N2O4/c1-20(11-14-26(34)31-18-8-4-5-10-27(35)32-36)22-12-13-23-28-24(15-17-30(22,23)3)29(2)16-7-6-9-21(29)19-25(28)33/h20-25,28,33,36H,4-19H2,1-3H3,(H,31,34)(H,32,35)/t20-,21?,22?,23?,24?,25?,28?,29?,30?/m1/s1. The number of aliphatic hydroxyl groups excluding tert-OH is 1. The van der Waals surface area contributed by atoms with Gasteiger partial charge in [0.15, 0.2) is 0 Å². The molecular formula is C30H52N2O4. The van der Waals surface area contributed by atoms with E-state index in [-0.39, 0.29) is 17.9 Å². The average Bonchev–Trinajstić information content (AvgIpc) is 3.22.